The number of benzene rings is 1. The third-order valence-electron chi connectivity index (χ3n) is 3.36. The maximum absolute atomic E-state index is 12.6. The molecule has 1 unspecified atom stereocenters. The maximum atomic E-state index is 12.6. The van der Waals surface area contributed by atoms with Crippen molar-refractivity contribution in [3.63, 3.8) is 0 Å². The molecule has 2 nitrogen and oxygen atoms in total. The molecule has 1 N–H and O–H groups in total. The molecule has 0 aliphatic rings. The monoisotopic (exact) mass is 331 g/mol. The van der Waals surface area contributed by atoms with E-state index in [4.69, 9.17) is 23.8 Å². The summed E-state index contributed by atoms with van der Waals surface area (Å²) in [5.74, 6) is 0.0497. The van der Waals surface area contributed by atoms with Crippen LogP contribution in [0, 0.1) is 13.8 Å². The van der Waals surface area contributed by atoms with Crippen LogP contribution in [0.1, 0.15) is 30.9 Å². The molecule has 0 radical (unpaired) electrons. The Balaban J connectivity index is 3.00. The zero-order chi connectivity index (χ0) is 15.5. The molecule has 1 aromatic carbocycles. The Kier molecular flexibility index (Phi) is 6.37. The minimum Gasteiger partial charge on any atom is -0.556 e. The molecule has 0 aromatic heterocycles. The number of hydrogen-bond acceptors (Lipinski definition) is 2. The number of rotatable bonds is 5. The number of carbonyl (C=O) groups is 1. The lowest BCUT2D eigenvalue weighted by atomic mass is 10.1. The molecule has 1 aromatic rings. The van der Waals surface area contributed by atoms with E-state index in [1.165, 1.54) is 0 Å². The second kappa shape index (κ2) is 7.15. The summed E-state index contributed by atoms with van der Waals surface area (Å²) in [6.45, 7) is 8.46. The average molecular weight is 332 g/mol. The van der Waals surface area contributed by atoms with Crippen LogP contribution in [0.25, 0.3) is 0 Å². The standard InChI is InChI=1S/C15H23ClNOPS/c1-6-7-13(19(4,5)20)15(18)17-14-10(2)8-12(16)9-11(14)3/h8-9,13H,6-7H2,1-5H3,(H,17,18). The third kappa shape index (κ3) is 4.65. The van der Waals surface area contributed by atoms with Crippen LogP contribution in [0.3, 0.4) is 0 Å². The highest BCUT2D eigenvalue weighted by atomic mass is 35.5. The first kappa shape index (κ1) is 17.8. The van der Waals surface area contributed by atoms with Crippen LogP contribution in [-0.2, 0) is 17.0 Å². The van der Waals surface area contributed by atoms with Crippen LogP contribution >= 0.6 is 18.1 Å². The number of nitrogens with one attached hydrogen (secondary N) is 1. The number of aryl methyl sites for hydroxylation is 2. The van der Waals surface area contributed by atoms with E-state index in [0.29, 0.717) is 5.02 Å². The van der Waals surface area contributed by atoms with E-state index in [0.717, 1.165) is 29.7 Å². The predicted octanol–water partition coefficient (Wildman–Crippen LogP) is 4.80. The SMILES string of the molecule is CCCC(C(=O)Nc1c(C)cc(Cl)cc1C)[P+](C)(C)[S-]. The number of amides is 1. The van der Waals surface area contributed by atoms with Gasteiger partial charge in [0, 0.05) is 24.0 Å². The lowest BCUT2D eigenvalue weighted by Gasteiger charge is -2.32. The summed E-state index contributed by atoms with van der Waals surface area (Å²) in [6.07, 6.45) is 1.82. The fourth-order valence-corrected chi connectivity index (χ4v) is 4.75. The average Bonchev–Trinajstić information content (AvgIpc) is 2.28. The molecule has 5 heteroatoms. The van der Waals surface area contributed by atoms with Crippen LogP contribution < -0.4 is 5.32 Å². The highest BCUT2D eigenvalue weighted by molar-refractivity contribution is 8.42. The second-order valence-electron chi connectivity index (χ2n) is 5.64. The molecule has 0 aliphatic heterocycles. The zero-order valence-electron chi connectivity index (χ0n) is 12.8. The van der Waals surface area contributed by atoms with Gasteiger partial charge in [-0.2, -0.15) is 0 Å². The summed E-state index contributed by atoms with van der Waals surface area (Å²) >= 11 is 11.6. The van der Waals surface area contributed by atoms with Gasteiger partial charge in [-0.05, 0) is 43.5 Å². The van der Waals surface area contributed by atoms with Crippen LogP contribution in [0.15, 0.2) is 12.1 Å². The fraction of sp³-hybridized carbons (Fsp3) is 0.533. The molecule has 20 heavy (non-hydrogen) atoms. The summed E-state index contributed by atoms with van der Waals surface area (Å²) in [5.41, 5.74) is 2.78. The van der Waals surface area contributed by atoms with Crippen molar-refractivity contribution in [2.24, 2.45) is 0 Å². The Morgan fingerprint density at radius 1 is 1.35 bits per heavy atom. The van der Waals surface area contributed by atoms with Crippen molar-refractivity contribution in [1.29, 1.82) is 0 Å². The number of halogens is 1. The normalized spacial score (nSPS) is 13.2. The Hall–Kier alpha value is -0.240. The first-order valence-electron chi connectivity index (χ1n) is 6.79. The van der Waals surface area contributed by atoms with Gasteiger partial charge < -0.3 is 17.6 Å². The number of anilines is 1. The van der Waals surface area contributed by atoms with Crippen molar-refractivity contribution in [1.82, 2.24) is 0 Å². The maximum Gasteiger partial charge on any atom is 0.263 e. The van der Waals surface area contributed by atoms with E-state index < -0.39 is 6.46 Å². The van der Waals surface area contributed by atoms with Crippen LogP contribution in [0.2, 0.25) is 5.02 Å². The Bertz CT molecular complexity index is 476. The molecule has 0 saturated carbocycles. The summed E-state index contributed by atoms with van der Waals surface area (Å²) in [4.78, 5) is 12.6. The van der Waals surface area contributed by atoms with Gasteiger partial charge in [0.1, 0.15) is 5.66 Å². The smallest absolute Gasteiger partial charge is 0.263 e. The van der Waals surface area contributed by atoms with Gasteiger partial charge in [-0.3, -0.25) is 4.79 Å². The summed E-state index contributed by atoms with van der Waals surface area (Å²) < 4.78 is 0. The third-order valence-corrected chi connectivity index (χ3v) is 6.34. The van der Waals surface area contributed by atoms with Gasteiger partial charge in [-0.15, -0.1) is 6.46 Å². The Morgan fingerprint density at radius 2 is 1.85 bits per heavy atom. The molecule has 1 rings (SSSR count). The van der Waals surface area contributed by atoms with E-state index in [1.807, 2.05) is 39.3 Å². The van der Waals surface area contributed by atoms with Crippen molar-refractivity contribution < 1.29 is 4.79 Å². The van der Waals surface area contributed by atoms with Gasteiger partial charge in [-0.1, -0.05) is 24.9 Å². The first-order chi connectivity index (χ1) is 9.16. The number of hydrogen-bond donors (Lipinski definition) is 1. The molecular formula is C15H23ClNOPS. The summed E-state index contributed by atoms with van der Waals surface area (Å²) in [7, 11) is 0. The highest BCUT2D eigenvalue weighted by Crippen LogP contribution is 2.55. The largest absolute Gasteiger partial charge is 0.556 e. The topological polar surface area (TPSA) is 29.1 Å². The van der Waals surface area contributed by atoms with Gasteiger partial charge in [-0.25, -0.2) is 0 Å². The lowest BCUT2D eigenvalue weighted by molar-refractivity contribution is -0.115. The van der Waals surface area contributed by atoms with Crippen molar-refractivity contribution in [3.05, 3.63) is 28.3 Å². The molecule has 0 spiro atoms. The van der Waals surface area contributed by atoms with Crippen LogP contribution in [-0.4, -0.2) is 24.9 Å². The number of carbonyl (C=O) groups excluding carboxylic acids is 1. The fourth-order valence-electron chi connectivity index (χ4n) is 2.31. The van der Waals surface area contributed by atoms with Crippen LogP contribution in [0.5, 0.6) is 0 Å². The highest BCUT2D eigenvalue weighted by Gasteiger charge is 2.31. The van der Waals surface area contributed by atoms with Crippen molar-refractivity contribution in [3.8, 4) is 0 Å². The summed E-state index contributed by atoms with van der Waals surface area (Å²) in [5, 5.41) is 3.75. The van der Waals surface area contributed by atoms with Gasteiger partial charge in [0.25, 0.3) is 5.91 Å². The van der Waals surface area contributed by atoms with E-state index in [-0.39, 0.29) is 11.6 Å². The van der Waals surface area contributed by atoms with Gasteiger partial charge in [0.2, 0.25) is 0 Å². The summed E-state index contributed by atoms with van der Waals surface area (Å²) in [6, 6.07) is 3.74. The van der Waals surface area contributed by atoms with E-state index >= 15 is 0 Å². The quantitative estimate of drug-likeness (QED) is 0.620. The molecule has 1 amide bonds. The predicted molar refractivity (Wildman–Crippen MR) is 94.4 cm³/mol. The van der Waals surface area contributed by atoms with Gasteiger partial charge in [0.15, 0.2) is 0 Å². The van der Waals surface area contributed by atoms with E-state index in [1.54, 1.807) is 0 Å². The lowest BCUT2D eigenvalue weighted by Crippen LogP contribution is -2.29. The molecule has 112 valence electrons. The molecular weight excluding hydrogens is 309 g/mol. The zero-order valence-corrected chi connectivity index (χ0v) is 15.3. The van der Waals surface area contributed by atoms with E-state index in [9.17, 15) is 4.79 Å². The molecule has 0 bridgehead atoms. The van der Waals surface area contributed by atoms with E-state index in [2.05, 4.69) is 12.2 Å². The molecule has 0 fully saturated rings. The van der Waals surface area contributed by atoms with Crippen molar-refractivity contribution in [2.75, 3.05) is 18.6 Å². The van der Waals surface area contributed by atoms with Crippen LogP contribution in [0.4, 0.5) is 5.69 Å². The Morgan fingerprint density at radius 3 is 2.25 bits per heavy atom. The minimum atomic E-state index is -1.63. The van der Waals surface area contributed by atoms with Crippen molar-refractivity contribution in [2.45, 2.75) is 39.3 Å². The second-order valence-corrected chi connectivity index (χ2v) is 12.4. The van der Waals surface area contributed by atoms with Gasteiger partial charge >= 0.3 is 0 Å². The first-order valence-corrected chi connectivity index (χ1v) is 10.9. The molecule has 0 saturated heterocycles. The molecule has 0 aliphatic carbocycles. The minimum absolute atomic E-state index is 0.0497. The van der Waals surface area contributed by atoms with Gasteiger partial charge in [0.05, 0.1) is 0 Å². The molecule has 1 atom stereocenters. The van der Waals surface area contributed by atoms with Crippen molar-refractivity contribution >= 4 is 41.9 Å². The molecule has 0 heterocycles. The Labute approximate surface area is 133 Å².